The van der Waals surface area contributed by atoms with E-state index in [-0.39, 0.29) is 11.7 Å². The minimum atomic E-state index is -0.164. The van der Waals surface area contributed by atoms with Crippen LogP contribution in [0.2, 0.25) is 0 Å². The first-order valence-corrected chi connectivity index (χ1v) is 4.33. The zero-order valence-electron chi connectivity index (χ0n) is 7.91. The molecule has 0 aromatic carbocycles. The number of nitrogens with zero attached hydrogens (tertiary/aromatic N) is 2. The van der Waals surface area contributed by atoms with Crippen molar-refractivity contribution >= 4 is 17.6 Å². The highest BCUT2D eigenvalue weighted by atomic mass is 16.1. The van der Waals surface area contributed by atoms with E-state index in [4.69, 9.17) is 0 Å². The van der Waals surface area contributed by atoms with Gasteiger partial charge in [-0.1, -0.05) is 0 Å². The van der Waals surface area contributed by atoms with Crippen LogP contribution in [0.5, 0.6) is 0 Å². The zero-order chi connectivity index (χ0) is 10.4. The summed E-state index contributed by atoms with van der Waals surface area (Å²) >= 11 is 0. The van der Waals surface area contributed by atoms with Gasteiger partial charge in [0.1, 0.15) is 12.1 Å². The fourth-order valence-electron chi connectivity index (χ4n) is 0.958. The van der Waals surface area contributed by atoms with Gasteiger partial charge in [-0.05, 0) is 13.3 Å². The largest absolute Gasteiger partial charge is 0.300 e. The van der Waals surface area contributed by atoms with Crippen molar-refractivity contribution in [3.8, 4) is 0 Å². The third-order valence-corrected chi connectivity index (χ3v) is 1.61. The standard InChI is InChI=1S/C8H12N4O2/c1-6(13)3-2-4-7(14)11-8-9-5-10-12-8/h5H,2-4H2,1H3,(H2,9,10,11,12,14). The van der Waals surface area contributed by atoms with E-state index in [1.807, 2.05) is 0 Å². The van der Waals surface area contributed by atoms with E-state index in [1.165, 1.54) is 13.3 Å². The van der Waals surface area contributed by atoms with E-state index in [2.05, 4.69) is 20.5 Å². The number of hydrogen-bond donors (Lipinski definition) is 2. The molecule has 1 aromatic rings. The highest BCUT2D eigenvalue weighted by molar-refractivity contribution is 5.89. The molecule has 6 nitrogen and oxygen atoms in total. The van der Waals surface area contributed by atoms with Gasteiger partial charge in [-0.2, -0.15) is 10.1 Å². The van der Waals surface area contributed by atoms with Crippen LogP contribution < -0.4 is 5.32 Å². The average Bonchev–Trinajstić information content (AvgIpc) is 2.56. The Hall–Kier alpha value is -1.72. The topological polar surface area (TPSA) is 87.7 Å². The van der Waals surface area contributed by atoms with Gasteiger partial charge < -0.3 is 4.79 Å². The number of hydrogen-bond acceptors (Lipinski definition) is 4. The highest BCUT2D eigenvalue weighted by Gasteiger charge is 2.04. The van der Waals surface area contributed by atoms with Crippen LogP contribution in [0.1, 0.15) is 26.2 Å². The van der Waals surface area contributed by atoms with Crippen molar-refractivity contribution in [3.63, 3.8) is 0 Å². The molecule has 0 aliphatic heterocycles. The lowest BCUT2D eigenvalue weighted by Crippen LogP contribution is -2.12. The molecule has 6 heteroatoms. The molecule has 76 valence electrons. The Labute approximate surface area is 81.1 Å². The number of rotatable bonds is 5. The molecule has 0 unspecified atom stereocenters. The van der Waals surface area contributed by atoms with Crippen LogP contribution >= 0.6 is 0 Å². The van der Waals surface area contributed by atoms with Gasteiger partial charge in [-0.15, -0.1) is 0 Å². The van der Waals surface area contributed by atoms with Crippen molar-refractivity contribution < 1.29 is 9.59 Å². The molecule has 0 aliphatic rings. The van der Waals surface area contributed by atoms with Crippen LogP contribution in [0.15, 0.2) is 6.33 Å². The number of H-pyrrole nitrogens is 1. The minimum Gasteiger partial charge on any atom is -0.300 e. The number of nitrogens with one attached hydrogen (secondary N) is 2. The van der Waals surface area contributed by atoms with Crippen LogP contribution in [0.25, 0.3) is 0 Å². The molecule has 0 fully saturated rings. The van der Waals surface area contributed by atoms with Gasteiger partial charge in [0.05, 0.1) is 0 Å². The molecule has 2 N–H and O–H groups in total. The van der Waals surface area contributed by atoms with Crippen molar-refractivity contribution in [2.45, 2.75) is 26.2 Å². The predicted molar refractivity (Wildman–Crippen MR) is 49.5 cm³/mol. The summed E-state index contributed by atoms with van der Waals surface area (Å²) < 4.78 is 0. The maximum Gasteiger partial charge on any atom is 0.226 e. The molecule has 1 heterocycles. The van der Waals surface area contributed by atoms with Crippen molar-refractivity contribution in [2.75, 3.05) is 5.32 Å². The second-order valence-electron chi connectivity index (χ2n) is 2.94. The molecule has 14 heavy (non-hydrogen) atoms. The van der Waals surface area contributed by atoms with Gasteiger partial charge >= 0.3 is 0 Å². The number of carbonyl (C=O) groups excluding carboxylic acids is 2. The molecular formula is C8H12N4O2. The number of amides is 1. The van der Waals surface area contributed by atoms with Gasteiger partial charge in [-0.3, -0.25) is 10.1 Å². The summed E-state index contributed by atoms with van der Waals surface area (Å²) in [5.41, 5.74) is 0. The molecule has 0 bridgehead atoms. The number of aromatic amines is 1. The Morgan fingerprint density at radius 3 is 2.86 bits per heavy atom. The molecule has 0 spiro atoms. The maximum atomic E-state index is 11.2. The molecule has 0 saturated carbocycles. The van der Waals surface area contributed by atoms with Crippen LogP contribution in [-0.4, -0.2) is 26.9 Å². The minimum absolute atomic E-state index is 0.0949. The van der Waals surface area contributed by atoms with E-state index in [0.717, 1.165) is 0 Å². The van der Waals surface area contributed by atoms with Crippen molar-refractivity contribution in [3.05, 3.63) is 6.33 Å². The van der Waals surface area contributed by atoms with Gasteiger partial charge in [0.25, 0.3) is 0 Å². The lowest BCUT2D eigenvalue weighted by Gasteiger charge is -1.99. The van der Waals surface area contributed by atoms with Gasteiger partial charge in [0.15, 0.2) is 0 Å². The van der Waals surface area contributed by atoms with Gasteiger partial charge in [0.2, 0.25) is 11.9 Å². The zero-order valence-corrected chi connectivity index (χ0v) is 7.91. The third kappa shape index (κ3) is 3.79. The summed E-state index contributed by atoms with van der Waals surface area (Å²) in [5.74, 6) is 0.262. The maximum absolute atomic E-state index is 11.2. The molecular weight excluding hydrogens is 184 g/mol. The molecule has 0 aliphatic carbocycles. The molecule has 1 aromatic heterocycles. The number of anilines is 1. The van der Waals surface area contributed by atoms with Crippen LogP contribution in [0.4, 0.5) is 5.95 Å². The quantitative estimate of drug-likeness (QED) is 0.717. The fraction of sp³-hybridized carbons (Fsp3) is 0.500. The Kier molecular flexibility index (Phi) is 3.78. The SMILES string of the molecule is CC(=O)CCCC(=O)Nc1ncn[nH]1. The Balaban J connectivity index is 2.20. The van der Waals surface area contributed by atoms with Crippen molar-refractivity contribution in [1.29, 1.82) is 0 Å². The first-order valence-electron chi connectivity index (χ1n) is 4.33. The third-order valence-electron chi connectivity index (χ3n) is 1.61. The predicted octanol–water partition coefficient (Wildman–Crippen LogP) is 0.502. The second-order valence-corrected chi connectivity index (χ2v) is 2.94. The summed E-state index contributed by atoms with van der Waals surface area (Å²) in [5, 5.41) is 8.60. The van der Waals surface area contributed by atoms with Gasteiger partial charge in [-0.25, -0.2) is 5.10 Å². The van der Waals surface area contributed by atoms with Crippen molar-refractivity contribution in [1.82, 2.24) is 15.2 Å². The molecule has 0 atom stereocenters. The monoisotopic (exact) mass is 196 g/mol. The van der Waals surface area contributed by atoms with Crippen LogP contribution in [0, 0.1) is 0 Å². The van der Waals surface area contributed by atoms with E-state index in [1.54, 1.807) is 0 Å². The fourth-order valence-corrected chi connectivity index (χ4v) is 0.958. The van der Waals surface area contributed by atoms with Gasteiger partial charge in [0, 0.05) is 12.8 Å². The first kappa shape index (κ1) is 10.4. The normalized spacial score (nSPS) is 9.79. The average molecular weight is 196 g/mol. The number of aromatic nitrogens is 3. The summed E-state index contributed by atoms with van der Waals surface area (Å²) in [6.45, 7) is 1.51. The van der Waals surface area contributed by atoms with Crippen molar-refractivity contribution in [2.24, 2.45) is 0 Å². The lowest BCUT2D eigenvalue weighted by atomic mass is 10.2. The summed E-state index contributed by atoms with van der Waals surface area (Å²) in [6, 6.07) is 0. The lowest BCUT2D eigenvalue weighted by molar-refractivity contribution is -0.117. The first-order chi connectivity index (χ1) is 6.68. The second kappa shape index (κ2) is 5.11. The van der Waals surface area contributed by atoms with Crippen LogP contribution in [0.3, 0.4) is 0 Å². The van der Waals surface area contributed by atoms with E-state index < -0.39 is 0 Å². The van der Waals surface area contributed by atoms with E-state index >= 15 is 0 Å². The van der Waals surface area contributed by atoms with Crippen LogP contribution in [-0.2, 0) is 9.59 Å². The summed E-state index contributed by atoms with van der Waals surface area (Å²) in [6.07, 6.45) is 2.63. The highest BCUT2D eigenvalue weighted by Crippen LogP contribution is 1.99. The Bertz CT molecular complexity index is 307. The smallest absolute Gasteiger partial charge is 0.226 e. The molecule has 1 rings (SSSR count). The number of ketones is 1. The summed E-state index contributed by atoms with van der Waals surface area (Å²) in [4.78, 5) is 25.5. The van der Waals surface area contributed by atoms with E-state index in [9.17, 15) is 9.59 Å². The summed E-state index contributed by atoms with van der Waals surface area (Å²) in [7, 11) is 0. The molecule has 0 radical (unpaired) electrons. The van der Waals surface area contributed by atoms with E-state index in [0.29, 0.717) is 25.2 Å². The molecule has 1 amide bonds. The Morgan fingerprint density at radius 1 is 1.50 bits per heavy atom. The number of Topliss-reactive ketones (excluding diaryl/α,β-unsaturated/α-hetero) is 1. The molecule has 0 saturated heterocycles. The number of carbonyl (C=O) groups is 2. The Morgan fingerprint density at radius 2 is 2.29 bits per heavy atom.